The number of carbonyl (C=O) groups is 2. The Kier molecular flexibility index (Phi) is 3.14. The zero-order chi connectivity index (χ0) is 14.5. The largest absolute Gasteiger partial charge is 0.368 e. The molecule has 0 bridgehead atoms. The van der Waals surface area contributed by atoms with Crippen LogP contribution in [0.3, 0.4) is 0 Å². The van der Waals surface area contributed by atoms with Gasteiger partial charge in [-0.1, -0.05) is 25.8 Å². The number of hydrogen-bond donors (Lipinski definition) is 1. The van der Waals surface area contributed by atoms with Crippen LogP contribution in [0.15, 0.2) is 12.7 Å². The van der Waals surface area contributed by atoms with Crippen molar-refractivity contribution in [1.29, 1.82) is 0 Å². The third kappa shape index (κ3) is 1.88. The number of nitrogens with zero attached hydrogens (tertiary/aromatic N) is 1. The topological polar surface area (TPSA) is 63.4 Å². The molecule has 1 unspecified atom stereocenters. The number of allylic oxidation sites excluding steroid dienone is 1. The first-order valence-corrected chi connectivity index (χ1v) is 7.75. The van der Waals surface area contributed by atoms with Crippen molar-refractivity contribution in [2.75, 3.05) is 0 Å². The molecule has 4 atom stereocenters. The Hall–Kier alpha value is -1.32. The summed E-state index contributed by atoms with van der Waals surface area (Å²) in [7, 11) is 0. The molecular weight excluding hydrogens is 252 g/mol. The van der Waals surface area contributed by atoms with Crippen LogP contribution in [0.1, 0.15) is 45.4 Å². The second-order valence-electron chi connectivity index (χ2n) is 6.83. The van der Waals surface area contributed by atoms with E-state index in [4.69, 9.17) is 5.73 Å². The summed E-state index contributed by atoms with van der Waals surface area (Å²) >= 11 is 0. The van der Waals surface area contributed by atoms with Gasteiger partial charge in [0.25, 0.3) is 0 Å². The minimum Gasteiger partial charge on any atom is -0.368 e. The second-order valence-corrected chi connectivity index (χ2v) is 6.83. The fraction of sp³-hybridized carbons (Fsp3) is 0.750. The Bertz CT molecular complexity index is 453. The Morgan fingerprint density at radius 3 is 2.55 bits per heavy atom. The first-order chi connectivity index (χ1) is 9.50. The van der Waals surface area contributed by atoms with E-state index >= 15 is 0 Å². The minimum atomic E-state index is -0.378. The molecule has 1 saturated heterocycles. The monoisotopic (exact) mass is 276 g/mol. The van der Waals surface area contributed by atoms with Gasteiger partial charge in [-0.3, -0.25) is 9.59 Å². The molecule has 2 amide bonds. The molecule has 4 heteroatoms. The van der Waals surface area contributed by atoms with Gasteiger partial charge >= 0.3 is 0 Å². The van der Waals surface area contributed by atoms with E-state index in [0.717, 1.165) is 38.5 Å². The van der Waals surface area contributed by atoms with Crippen molar-refractivity contribution >= 4 is 11.8 Å². The van der Waals surface area contributed by atoms with Crippen LogP contribution in [-0.2, 0) is 9.59 Å². The number of piperidine rings is 1. The van der Waals surface area contributed by atoms with Crippen molar-refractivity contribution in [1.82, 2.24) is 4.90 Å². The van der Waals surface area contributed by atoms with Gasteiger partial charge in [-0.2, -0.15) is 0 Å². The Balaban J connectivity index is 1.81. The highest BCUT2D eigenvalue weighted by atomic mass is 16.2. The van der Waals surface area contributed by atoms with Gasteiger partial charge in [-0.05, 0) is 37.0 Å². The number of rotatable bonds is 4. The van der Waals surface area contributed by atoms with Gasteiger partial charge in [-0.25, -0.2) is 0 Å². The lowest BCUT2D eigenvalue weighted by atomic mass is 9.74. The molecule has 3 rings (SSSR count). The van der Waals surface area contributed by atoms with Crippen LogP contribution in [0.2, 0.25) is 0 Å². The predicted molar refractivity (Wildman–Crippen MR) is 76.6 cm³/mol. The highest BCUT2D eigenvalue weighted by molar-refractivity contribution is 5.89. The van der Waals surface area contributed by atoms with Crippen LogP contribution in [0, 0.1) is 17.3 Å². The highest BCUT2D eigenvalue weighted by Crippen LogP contribution is 2.51. The smallest absolute Gasteiger partial charge is 0.240 e. The molecule has 0 aromatic heterocycles. The van der Waals surface area contributed by atoms with Crippen LogP contribution in [0.4, 0.5) is 0 Å². The lowest BCUT2D eigenvalue weighted by molar-refractivity contribution is -0.144. The predicted octanol–water partition coefficient (Wildman–Crippen LogP) is 1.84. The first kappa shape index (κ1) is 13.7. The van der Waals surface area contributed by atoms with Gasteiger partial charge < -0.3 is 10.6 Å². The van der Waals surface area contributed by atoms with Crippen LogP contribution in [0.5, 0.6) is 0 Å². The molecule has 0 aromatic carbocycles. The van der Waals surface area contributed by atoms with Crippen molar-refractivity contribution in [3.05, 3.63) is 12.7 Å². The Morgan fingerprint density at radius 2 is 2.00 bits per heavy atom. The number of likely N-dealkylation sites (tertiary alicyclic amines) is 1. The third-order valence-electron chi connectivity index (χ3n) is 5.86. The van der Waals surface area contributed by atoms with Crippen LogP contribution in [0.25, 0.3) is 0 Å². The average Bonchev–Trinajstić information content (AvgIpc) is 2.91. The third-order valence-corrected chi connectivity index (χ3v) is 5.86. The summed E-state index contributed by atoms with van der Waals surface area (Å²) in [5, 5.41) is 0. The summed E-state index contributed by atoms with van der Waals surface area (Å²) in [6, 6.07) is -0.109. The maximum Gasteiger partial charge on any atom is 0.240 e. The zero-order valence-corrected chi connectivity index (χ0v) is 12.2. The van der Waals surface area contributed by atoms with Crippen molar-refractivity contribution in [2.45, 2.75) is 57.5 Å². The van der Waals surface area contributed by atoms with Gasteiger partial charge in [0, 0.05) is 12.0 Å². The van der Waals surface area contributed by atoms with Crippen LogP contribution < -0.4 is 5.73 Å². The summed E-state index contributed by atoms with van der Waals surface area (Å²) in [4.78, 5) is 26.3. The van der Waals surface area contributed by atoms with Crippen molar-refractivity contribution < 1.29 is 9.59 Å². The Labute approximate surface area is 120 Å². The standard InChI is InChI=1S/C16H24N2O2/c1-3-16(6-4-5-7-16)10(2)15(20)18-12-8-11(12)9-13(18)14(17)19/h3,10-13H,1,4-9H2,2H3,(H2,17,19)/t10?,11-,12-,13-/m0/s1. The van der Waals surface area contributed by atoms with E-state index in [9.17, 15) is 9.59 Å². The molecule has 0 aromatic rings. The molecule has 4 nitrogen and oxygen atoms in total. The number of carbonyl (C=O) groups excluding carboxylic acids is 2. The van der Waals surface area contributed by atoms with Gasteiger partial charge in [0.05, 0.1) is 0 Å². The van der Waals surface area contributed by atoms with E-state index in [2.05, 4.69) is 6.58 Å². The summed E-state index contributed by atoms with van der Waals surface area (Å²) in [6.07, 6.45) is 8.17. The molecule has 3 fully saturated rings. The summed E-state index contributed by atoms with van der Waals surface area (Å²) < 4.78 is 0. The highest BCUT2D eigenvalue weighted by Gasteiger charge is 2.57. The quantitative estimate of drug-likeness (QED) is 0.796. The molecule has 1 heterocycles. The molecule has 0 spiro atoms. The fourth-order valence-electron chi connectivity index (χ4n) is 4.34. The SMILES string of the molecule is C=CC1(C(C)C(=O)N2[C@H](C(N)=O)C[C@@H]3C[C@@H]32)CCCC1. The molecule has 110 valence electrons. The summed E-state index contributed by atoms with van der Waals surface area (Å²) in [5.41, 5.74) is 5.40. The average molecular weight is 276 g/mol. The fourth-order valence-corrected chi connectivity index (χ4v) is 4.34. The molecule has 2 aliphatic carbocycles. The van der Waals surface area contributed by atoms with E-state index in [1.54, 1.807) is 4.90 Å². The normalized spacial score (nSPS) is 35.5. The molecule has 3 aliphatic rings. The van der Waals surface area contributed by atoms with E-state index < -0.39 is 0 Å². The first-order valence-electron chi connectivity index (χ1n) is 7.75. The number of nitrogens with two attached hydrogens (primary N) is 1. The van der Waals surface area contributed by atoms with E-state index in [1.165, 1.54) is 0 Å². The molecule has 1 aliphatic heterocycles. The molecule has 0 radical (unpaired) electrons. The van der Waals surface area contributed by atoms with Crippen LogP contribution >= 0.6 is 0 Å². The second kappa shape index (κ2) is 4.61. The lowest BCUT2D eigenvalue weighted by Crippen LogP contribution is -2.50. The Morgan fingerprint density at radius 1 is 1.35 bits per heavy atom. The van der Waals surface area contributed by atoms with Gasteiger partial charge in [0.15, 0.2) is 0 Å². The number of fused-ring (bicyclic) bond motifs is 1. The van der Waals surface area contributed by atoms with E-state index in [-0.39, 0.29) is 35.2 Å². The maximum atomic E-state index is 12.9. The molecular formula is C16H24N2O2. The van der Waals surface area contributed by atoms with Crippen molar-refractivity contribution in [3.8, 4) is 0 Å². The van der Waals surface area contributed by atoms with Crippen molar-refractivity contribution in [2.24, 2.45) is 23.0 Å². The van der Waals surface area contributed by atoms with Gasteiger partial charge in [0.2, 0.25) is 11.8 Å². The van der Waals surface area contributed by atoms with Gasteiger partial charge in [0.1, 0.15) is 6.04 Å². The molecule has 20 heavy (non-hydrogen) atoms. The summed E-state index contributed by atoms with van der Waals surface area (Å²) in [5.74, 6) is 0.174. The van der Waals surface area contributed by atoms with Crippen LogP contribution in [-0.4, -0.2) is 28.8 Å². The maximum absolute atomic E-state index is 12.9. The minimum absolute atomic E-state index is 0.0771. The summed E-state index contributed by atoms with van der Waals surface area (Å²) in [6.45, 7) is 5.97. The lowest BCUT2D eigenvalue weighted by Gasteiger charge is -2.36. The number of hydrogen-bond acceptors (Lipinski definition) is 2. The number of amides is 2. The van der Waals surface area contributed by atoms with E-state index in [0.29, 0.717) is 5.92 Å². The van der Waals surface area contributed by atoms with E-state index in [1.807, 2.05) is 13.0 Å². The molecule has 2 saturated carbocycles. The molecule has 2 N–H and O–H groups in total. The van der Waals surface area contributed by atoms with Gasteiger partial charge in [-0.15, -0.1) is 6.58 Å². The van der Waals surface area contributed by atoms with Crippen molar-refractivity contribution in [3.63, 3.8) is 0 Å². The zero-order valence-electron chi connectivity index (χ0n) is 12.2. The number of primary amides is 1.